The standard InChI is InChI=1S/C31H37NO8/c1-17-25(28(35)36)26(31(5,6)39-17)27(34)23(15-24(33)40-30(2,3)4)32-29(37)38-16-22-20-13-9-7-11-18(20)19-12-8-10-14-21(19)22/h7-14,17,22-23,25-26H,15-16H2,1-6H3,(H,32,37)(H,35,36)/t17-,23-,25?,26?/m0/s1. The Labute approximate surface area is 234 Å². The van der Waals surface area contributed by atoms with Crippen molar-refractivity contribution < 1.29 is 38.5 Å². The molecular formula is C31H37NO8. The predicted octanol–water partition coefficient (Wildman–Crippen LogP) is 4.71. The van der Waals surface area contributed by atoms with Gasteiger partial charge in [0.25, 0.3) is 0 Å². The Morgan fingerprint density at radius 3 is 2.08 bits per heavy atom. The van der Waals surface area contributed by atoms with Gasteiger partial charge in [0.1, 0.15) is 18.2 Å². The molecular weight excluding hydrogens is 514 g/mol. The summed E-state index contributed by atoms with van der Waals surface area (Å²) < 4.78 is 16.8. The number of hydrogen-bond donors (Lipinski definition) is 2. The Morgan fingerprint density at radius 2 is 1.55 bits per heavy atom. The third-order valence-electron chi connectivity index (χ3n) is 7.47. The van der Waals surface area contributed by atoms with Crippen LogP contribution in [0.25, 0.3) is 11.1 Å². The molecule has 0 radical (unpaired) electrons. The summed E-state index contributed by atoms with van der Waals surface area (Å²) >= 11 is 0. The maximum Gasteiger partial charge on any atom is 0.407 e. The van der Waals surface area contributed by atoms with Crippen LogP contribution in [0.4, 0.5) is 4.79 Å². The van der Waals surface area contributed by atoms with Crippen molar-refractivity contribution in [3.05, 3.63) is 59.7 Å². The molecule has 1 saturated heterocycles. The SMILES string of the molecule is C[C@@H]1OC(C)(C)C(C(=O)[C@H](CC(=O)OC(C)(C)C)NC(=O)OCC2c3ccccc3-c3ccccc32)C1C(=O)O. The number of fused-ring (bicyclic) bond motifs is 3. The molecule has 2 aromatic rings. The summed E-state index contributed by atoms with van der Waals surface area (Å²) in [4.78, 5) is 51.7. The molecule has 1 heterocycles. The number of nitrogens with one attached hydrogen (secondary N) is 1. The second-order valence-electron chi connectivity index (χ2n) is 12.0. The van der Waals surface area contributed by atoms with Gasteiger partial charge in [-0.1, -0.05) is 48.5 Å². The number of rotatable bonds is 8. The van der Waals surface area contributed by atoms with Gasteiger partial charge in [-0.3, -0.25) is 14.4 Å². The highest BCUT2D eigenvalue weighted by atomic mass is 16.6. The highest BCUT2D eigenvalue weighted by Crippen LogP contribution is 2.45. The fourth-order valence-corrected chi connectivity index (χ4v) is 5.96. The van der Waals surface area contributed by atoms with Crippen LogP contribution < -0.4 is 5.32 Å². The number of aliphatic carboxylic acids is 1. The minimum Gasteiger partial charge on any atom is -0.481 e. The summed E-state index contributed by atoms with van der Waals surface area (Å²) in [5, 5.41) is 12.4. The first-order valence-electron chi connectivity index (χ1n) is 13.5. The first kappa shape index (κ1) is 29.3. The molecule has 0 saturated carbocycles. The van der Waals surface area contributed by atoms with E-state index in [1.807, 2.05) is 48.5 Å². The third-order valence-corrected chi connectivity index (χ3v) is 7.47. The summed E-state index contributed by atoms with van der Waals surface area (Å²) in [6.07, 6.45) is -2.10. The van der Waals surface area contributed by atoms with Crippen LogP contribution >= 0.6 is 0 Å². The van der Waals surface area contributed by atoms with Gasteiger partial charge in [0.2, 0.25) is 0 Å². The van der Waals surface area contributed by atoms with E-state index in [0.717, 1.165) is 22.3 Å². The fourth-order valence-electron chi connectivity index (χ4n) is 5.96. The molecule has 4 rings (SSSR count). The molecule has 1 aliphatic carbocycles. The first-order chi connectivity index (χ1) is 18.7. The third kappa shape index (κ3) is 6.04. The Morgan fingerprint density at radius 1 is 1.00 bits per heavy atom. The van der Waals surface area contributed by atoms with Crippen LogP contribution in [0.5, 0.6) is 0 Å². The number of carbonyl (C=O) groups excluding carboxylic acids is 3. The van der Waals surface area contributed by atoms with E-state index in [1.54, 1.807) is 41.5 Å². The normalized spacial score (nSPS) is 22.1. The van der Waals surface area contributed by atoms with E-state index in [4.69, 9.17) is 14.2 Å². The topological polar surface area (TPSA) is 128 Å². The Kier molecular flexibility index (Phi) is 8.08. The van der Waals surface area contributed by atoms with Crippen LogP contribution in [-0.4, -0.2) is 58.9 Å². The molecule has 0 bridgehead atoms. The van der Waals surface area contributed by atoms with Gasteiger partial charge in [-0.25, -0.2) is 4.79 Å². The highest BCUT2D eigenvalue weighted by Gasteiger charge is 2.56. The van der Waals surface area contributed by atoms with Crippen molar-refractivity contribution in [3.63, 3.8) is 0 Å². The lowest BCUT2D eigenvalue weighted by molar-refractivity contribution is -0.157. The molecule has 2 aromatic carbocycles. The largest absolute Gasteiger partial charge is 0.481 e. The van der Waals surface area contributed by atoms with Gasteiger partial charge in [0.05, 0.1) is 30.0 Å². The Bertz CT molecular complexity index is 1260. The van der Waals surface area contributed by atoms with Crippen molar-refractivity contribution in [1.29, 1.82) is 0 Å². The van der Waals surface area contributed by atoms with E-state index >= 15 is 0 Å². The predicted molar refractivity (Wildman–Crippen MR) is 147 cm³/mol. The van der Waals surface area contributed by atoms with Gasteiger partial charge in [0, 0.05) is 5.92 Å². The van der Waals surface area contributed by atoms with E-state index in [-0.39, 0.29) is 12.5 Å². The van der Waals surface area contributed by atoms with Crippen LogP contribution in [0.1, 0.15) is 65.0 Å². The molecule has 9 nitrogen and oxygen atoms in total. The van der Waals surface area contributed by atoms with Gasteiger partial charge in [-0.2, -0.15) is 0 Å². The van der Waals surface area contributed by atoms with Crippen LogP contribution in [0, 0.1) is 11.8 Å². The Hall–Kier alpha value is -3.72. The van der Waals surface area contributed by atoms with Crippen molar-refractivity contribution in [2.24, 2.45) is 11.8 Å². The van der Waals surface area contributed by atoms with Gasteiger partial charge in [-0.05, 0) is 63.8 Å². The van der Waals surface area contributed by atoms with Crippen LogP contribution in [0.3, 0.4) is 0 Å². The minimum absolute atomic E-state index is 0.0139. The number of esters is 1. The van der Waals surface area contributed by atoms with Gasteiger partial charge in [0.15, 0.2) is 5.78 Å². The number of carboxylic acid groups (broad SMARTS) is 1. The number of carboxylic acids is 1. The van der Waals surface area contributed by atoms with Crippen molar-refractivity contribution in [1.82, 2.24) is 5.32 Å². The average molecular weight is 552 g/mol. The summed E-state index contributed by atoms with van der Waals surface area (Å²) in [6, 6.07) is 14.4. The molecule has 214 valence electrons. The molecule has 2 N–H and O–H groups in total. The molecule has 2 unspecified atom stereocenters. The van der Waals surface area contributed by atoms with Gasteiger partial charge in [-0.15, -0.1) is 0 Å². The zero-order chi connectivity index (χ0) is 29.4. The highest BCUT2D eigenvalue weighted by molar-refractivity contribution is 5.96. The lowest BCUT2D eigenvalue weighted by Gasteiger charge is -2.30. The number of ether oxygens (including phenoxy) is 3. The van der Waals surface area contributed by atoms with Gasteiger partial charge < -0.3 is 24.6 Å². The monoisotopic (exact) mass is 551 g/mol. The molecule has 0 spiro atoms. The maximum atomic E-state index is 13.8. The number of amides is 1. The molecule has 0 aromatic heterocycles. The maximum absolute atomic E-state index is 13.8. The van der Waals surface area contributed by atoms with Crippen molar-refractivity contribution in [3.8, 4) is 11.1 Å². The molecule has 1 aliphatic heterocycles. The summed E-state index contributed by atoms with van der Waals surface area (Å²) in [5.74, 6) is -4.97. The number of ketones is 1. The first-order valence-corrected chi connectivity index (χ1v) is 13.5. The van der Waals surface area contributed by atoms with Crippen molar-refractivity contribution in [2.75, 3.05) is 6.61 Å². The minimum atomic E-state index is -1.37. The average Bonchev–Trinajstić information content (AvgIpc) is 3.30. The van der Waals surface area contributed by atoms with E-state index < -0.39 is 65.4 Å². The van der Waals surface area contributed by atoms with E-state index in [9.17, 15) is 24.3 Å². The number of carbonyl (C=O) groups is 4. The summed E-state index contributed by atoms with van der Waals surface area (Å²) in [7, 11) is 0. The van der Waals surface area contributed by atoms with Gasteiger partial charge >= 0.3 is 18.0 Å². The molecule has 4 atom stereocenters. The summed E-state index contributed by atoms with van der Waals surface area (Å²) in [5.41, 5.74) is 2.25. The lowest BCUT2D eigenvalue weighted by atomic mass is 9.76. The summed E-state index contributed by atoms with van der Waals surface area (Å²) in [6.45, 7) is 9.94. The number of Topliss-reactive ketones (excluding diaryl/α,β-unsaturated/α-hetero) is 1. The number of benzene rings is 2. The zero-order valence-electron chi connectivity index (χ0n) is 23.7. The van der Waals surface area contributed by atoms with Crippen LogP contribution in [-0.2, 0) is 28.6 Å². The second-order valence-corrected chi connectivity index (χ2v) is 12.0. The molecule has 1 amide bonds. The number of hydrogen-bond acceptors (Lipinski definition) is 7. The quantitative estimate of drug-likeness (QED) is 0.452. The Balaban J connectivity index is 1.54. The van der Waals surface area contributed by atoms with Crippen LogP contribution in [0.15, 0.2) is 48.5 Å². The smallest absolute Gasteiger partial charge is 0.407 e. The van der Waals surface area contributed by atoms with E-state index in [1.165, 1.54) is 0 Å². The molecule has 9 heteroatoms. The van der Waals surface area contributed by atoms with E-state index in [0.29, 0.717) is 0 Å². The zero-order valence-corrected chi connectivity index (χ0v) is 23.7. The van der Waals surface area contributed by atoms with Crippen molar-refractivity contribution >= 4 is 23.8 Å². The second kappa shape index (κ2) is 11.0. The lowest BCUT2D eigenvalue weighted by Crippen LogP contribution is -2.51. The molecule has 2 aliphatic rings. The molecule has 40 heavy (non-hydrogen) atoms. The number of alkyl carbamates (subject to hydrolysis) is 1. The van der Waals surface area contributed by atoms with E-state index in [2.05, 4.69) is 5.32 Å². The molecule has 1 fully saturated rings. The fraction of sp³-hybridized carbons (Fsp3) is 0.484. The van der Waals surface area contributed by atoms with Crippen molar-refractivity contribution in [2.45, 2.75) is 77.2 Å². The van der Waals surface area contributed by atoms with Crippen LogP contribution in [0.2, 0.25) is 0 Å².